The summed E-state index contributed by atoms with van der Waals surface area (Å²) in [5.74, 6) is 1.34. The molecule has 0 unspecified atom stereocenters. The van der Waals surface area contributed by atoms with Crippen LogP contribution in [0.25, 0.3) is 11.6 Å². The van der Waals surface area contributed by atoms with Crippen molar-refractivity contribution >= 4 is 28.9 Å². The molecule has 1 amide bonds. The summed E-state index contributed by atoms with van der Waals surface area (Å²) in [5.41, 5.74) is 2.68. The number of nitrogens with zero attached hydrogens (tertiary/aromatic N) is 1. The number of nitro benzene ring substituents is 1. The summed E-state index contributed by atoms with van der Waals surface area (Å²) < 4.78 is 5.82. The molecule has 1 aliphatic carbocycles. The molecule has 4 rings (SSSR count). The maximum absolute atomic E-state index is 12.2. The van der Waals surface area contributed by atoms with Crippen LogP contribution in [-0.4, -0.2) is 10.8 Å². The third kappa shape index (κ3) is 2.32. The fraction of sp³-hybridized carbons (Fsp3) is 0.235. The fourth-order valence-electron chi connectivity index (χ4n) is 3.16. The van der Waals surface area contributed by atoms with E-state index in [0.29, 0.717) is 22.6 Å². The minimum Gasteiger partial charge on any atom is -0.461 e. The summed E-state index contributed by atoms with van der Waals surface area (Å²) in [6, 6.07) is 6.32. The smallest absolute Gasteiger partial charge is 0.270 e. The number of furan rings is 1. The van der Waals surface area contributed by atoms with Gasteiger partial charge in [-0.15, -0.1) is 0 Å². The average molecular weight is 310 g/mol. The number of hydrogen-bond acceptors (Lipinski definition) is 4. The van der Waals surface area contributed by atoms with E-state index in [4.69, 9.17) is 4.42 Å². The quantitative estimate of drug-likeness (QED) is 0.522. The van der Waals surface area contributed by atoms with Crippen LogP contribution in [0.1, 0.15) is 35.5 Å². The Kier molecular flexibility index (Phi) is 3.04. The first-order valence-electron chi connectivity index (χ1n) is 7.55. The molecule has 6 nitrogen and oxygen atoms in total. The van der Waals surface area contributed by atoms with Crippen molar-refractivity contribution in [2.45, 2.75) is 25.7 Å². The van der Waals surface area contributed by atoms with Crippen LogP contribution in [0, 0.1) is 10.1 Å². The molecule has 0 fully saturated rings. The van der Waals surface area contributed by atoms with E-state index in [0.717, 1.165) is 31.4 Å². The number of benzene rings is 1. The van der Waals surface area contributed by atoms with Gasteiger partial charge in [-0.05, 0) is 43.0 Å². The van der Waals surface area contributed by atoms with Gasteiger partial charge in [0.05, 0.1) is 10.5 Å². The molecule has 0 spiro atoms. The number of non-ortho nitro benzene ring substituents is 1. The molecule has 6 heteroatoms. The largest absolute Gasteiger partial charge is 0.461 e. The molecule has 0 bridgehead atoms. The second kappa shape index (κ2) is 5.08. The molecule has 0 radical (unpaired) electrons. The highest BCUT2D eigenvalue weighted by Gasteiger charge is 2.27. The van der Waals surface area contributed by atoms with Crippen molar-refractivity contribution < 1.29 is 14.1 Å². The Bertz CT molecular complexity index is 840. The first kappa shape index (κ1) is 13.8. The van der Waals surface area contributed by atoms with Crippen molar-refractivity contribution in [1.82, 2.24) is 0 Å². The van der Waals surface area contributed by atoms with Crippen LogP contribution in [0.15, 0.2) is 28.7 Å². The van der Waals surface area contributed by atoms with Crippen LogP contribution in [0.3, 0.4) is 0 Å². The zero-order valence-electron chi connectivity index (χ0n) is 12.3. The SMILES string of the molecule is O=C1Nc2ccc([N+](=O)[O-])cc2C1=Cc1cc2c(o1)CCCC2. The third-order valence-electron chi connectivity index (χ3n) is 4.30. The molecule has 2 aromatic rings. The Hall–Kier alpha value is -2.89. The van der Waals surface area contributed by atoms with Gasteiger partial charge in [0.15, 0.2) is 0 Å². The highest BCUT2D eigenvalue weighted by atomic mass is 16.6. The minimum atomic E-state index is -0.466. The van der Waals surface area contributed by atoms with E-state index in [1.165, 1.54) is 17.7 Å². The first-order valence-corrected chi connectivity index (χ1v) is 7.55. The molecule has 0 saturated carbocycles. The Morgan fingerprint density at radius 1 is 1.22 bits per heavy atom. The Labute approximate surface area is 132 Å². The van der Waals surface area contributed by atoms with Gasteiger partial charge in [-0.2, -0.15) is 0 Å². The zero-order chi connectivity index (χ0) is 16.0. The number of aryl methyl sites for hydroxylation is 2. The molecule has 1 aliphatic heterocycles. The van der Waals surface area contributed by atoms with Gasteiger partial charge in [0.1, 0.15) is 11.5 Å². The Balaban J connectivity index is 1.77. The average Bonchev–Trinajstić information content (AvgIpc) is 3.08. The number of nitrogens with one attached hydrogen (secondary N) is 1. The number of amides is 1. The lowest BCUT2D eigenvalue weighted by Gasteiger charge is -2.07. The van der Waals surface area contributed by atoms with Crippen LogP contribution in [0.5, 0.6) is 0 Å². The lowest BCUT2D eigenvalue weighted by Crippen LogP contribution is -2.03. The van der Waals surface area contributed by atoms with Crippen LogP contribution in [-0.2, 0) is 17.6 Å². The predicted octanol–water partition coefficient (Wildman–Crippen LogP) is 3.56. The summed E-state index contributed by atoms with van der Waals surface area (Å²) in [6.07, 6.45) is 5.86. The van der Waals surface area contributed by atoms with Crippen molar-refractivity contribution in [2.24, 2.45) is 0 Å². The highest BCUT2D eigenvalue weighted by molar-refractivity contribution is 6.34. The summed E-state index contributed by atoms with van der Waals surface area (Å²) in [4.78, 5) is 22.6. The second-order valence-electron chi connectivity index (χ2n) is 5.80. The Morgan fingerprint density at radius 2 is 2.04 bits per heavy atom. The predicted molar refractivity (Wildman–Crippen MR) is 84.9 cm³/mol. The normalized spacial score (nSPS) is 17.7. The van der Waals surface area contributed by atoms with E-state index in [9.17, 15) is 14.9 Å². The van der Waals surface area contributed by atoms with Gasteiger partial charge in [0, 0.05) is 29.8 Å². The van der Waals surface area contributed by atoms with Crippen molar-refractivity contribution in [1.29, 1.82) is 0 Å². The van der Waals surface area contributed by atoms with E-state index in [2.05, 4.69) is 5.32 Å². The van der Waals surface area contributed by atoms with Gasteiger partial charge < -0.3 is 9.73 Å². The van der Waals surface area contributed by atoms with Gasteiger partial charge in [0.2, 0.25) is 0 Å². The summed E-state index contributed by atoms with van der Waals surface area (Å²) in [5, 5.41) is 13.7. The van der Waals surface area contributed by atoms with Crippen LogP contribution < -0.4 is 5.32 Å². The summed E-state index contributed by atoms with van der Waals surface area (Å²) in [6.45, 7) is 0. The second-order valence-corrected chi connectivity index (χ2v) is 5.80. The zero-order valence-corrected chi connectivity index (χ0v) is 12.3. The molecular formula is C17H14N2O4. The van der Waals surface area contributed by atoms with Gasteiger partial charge >= 0.3 is 0 Å². The topological polar surface area (TPSA) is 85.4 Å². The van der Waals surface area contributed by atoms with E-state index in [1.54, 1.807) is 12.1 Å². The molecule has 1 aromatic carbocycles. The van der Waals surface area contributed by atoms with Crippen molar-refractivity contribution in [2.75, 3.05) is 5.32 Å². The maximum atomic E-state index is 12.2. The molecule has 2 heterocycles. The first-order chi connectivity index (χ1) is 11.1. The van der Waals surface area contributed by atoms with Crippen molar-refractivity contribution in [3.8, 4) is 0 Å². The van der Waals surface area contributed by atoms with Crippen molar-refractivity contribution in [3.05, 3.63) is 57.0 Å². The fourth-order valence-corrected chi connectivity index (χ4v) is 3.16. The van der Waals surface area contributed by atoms with E-state index in [-0.39, 0.29) is 11.6 Å². The number of hydrogen-bond donors (Lipinski definition) is 1. The number of carbonyl (C=O) groups is 1. The third-order valence-corrected chi connectivity index (χ3v) is 4.30. The van der Waals surface area contributed by atoms with Gasteiger partial charge in [-0.25, -0.2) is 0 Å². The van der Waals surface area contributed by atoms with Crippen LogP contribution >= 0.6 is 0 Å². The van der Waals surface area contributed by atoms with Gasteiger partial charge in [-0.1, -0.05) is 0 Å². The number of fused-ring (bicyclic) bond motifs is 2. The maximum Gasteiger partial charge on any atom is 0.270 e. The highest BCUT2D eigenvalue weighted by Crippen LogP contribution is 2.36. The molecule has 1 aromatic heterocycles. The van der Waals surface area contributed by atoms with E-state index in [1.807, 2.05) is 6.07 Å². The standard InChI is InChI=1S/C17H14N2O4/c20-17-14(9-12-7-10-3-1-2-4-16(10)23-12)13-8-11(19(21)22)5-6-15(13)18-17/h5-9H,1-4H2,(H,18,20). The summed E-state index contributed by atoms with van der Waals surface area (Å²) in [7, 11) is 0. The number of nitro groups is 1. The minimum absolute atomic E-state index is 0.0371. The molecule has 0 saturated heterocycles. The molecular weight excluding hydrogens is 296 g/mol. The lowest BCUT2D eigenvalue weighted by atomic mass is 9.98. The molecule has 0 atom stereocenters. The lowest BCUT2D eigenvalue weighted by molar-refractivity contribution is -0.384. The number of carbonyl (C=O) groups excluding carboxylic acids is 1. The number of anilines is 1. The van der Waals surface area contributed by atoms with E-state index >= 15 is 0 Å². The molecule has 2 aliphatic rings. The monoisotopic (exact) mass is 310 g/mol. The van der Waals surface area contributed by atoms with Crippen LogP contribution in [0.4, 0.5) is 11.4 Å². The van der Waals surface area contributed by atoms with Gasteiger partial charge in [-0.3, -0.25) is 14.9 Å². The Morgan fingerprint density at radius 3 is 2.83 bits per heavy atom. The molecule has 23 heavy (non-hydrogen) atoms. The summed E-state index contributed by atoms with van der Waals surface area (Å²) >= 11 is 0. The van der Waals surface area contributed by atoms with Gasteiger partial charge in [0.25, 0.3) is 11.6 Å². The van der Waals surface area contributed by atoms with E-state index < -0.39 is 4.92 Å². The molecule has 1 N–H and O–H groups in total. The van der Waals surface area contributed by atoms with Crippen molar-refractivity contribution in [3.63, 3.8) is 0 Å². The number of rotatable bonds is 2. The van der Waals surface area contributed by atoms with Crippen LogP contribution in [0.2, 0.25) is 0 Å². The molecule has 116 valence electrons.